The molecule has 0 saturated heterocycles. The van der Waals surface area contributed by atoms with E-state index in [2.05, 4.69) is 62.4 Å². The van der Waals surface area contributed by atoms with Crippen LogP contribution >= 0.6 is 0 Å². The molecule has 0 radical (unpaired) electrons. The third-order valence-corrected chi connectivity index (χ3v) is 4.19. The lowest BCUT2D eigenvalue weighted by Crippen LogP contribution is -2.34. The first-order chi connectivity index (χ1) is 10.7. The van der Waals surface area contributed by atoms with Crippen LogP contribution in [0, 0.1) is 13.8 Å². The molecule has 112 valence electrons. The van der Waals surface area contributed by atoms with E-state index in [0.717, 1.165) is 12.8 Å². The Bertz CT molecular complexity index is 604. The smallest absolute Gasteiger partial charge is 0.0723 e. The van der Waals surface area contributed by atoms with E-state index in [4.69, 9.17) is 9.98 Å². The number of aryl methyl sites for hydroxylation is 2. The van der Waals surface area contributed by atoms with Crippen molar-refractivity contribution in [1.82, 2.24) is 0 Å². The molecule has 1 fully saturated rings. The summed E-state index contributed by atoms with van der Waals surface area (Å²) >= 11 is 0. The average molecular weight is 290 g/mol. The maximum atomic E-state index is 4.70. The molecule has 3 rings (SSSR count). The highest BCUT2D eigenvalue weighted by Crippen LogP contribution is 2.26. The molecule has 2 nitrogen and oxygen atoms in total. The maximum absolute atomic E-state index is 4.70. The van der Waals surface area contributed by atoms with Crippen molar-refractivity contribution < 1.29 is 0 Å². The third kappa shape index (κ3) is 3.70. The van der Waals surface area contributed by atoms with Gasteiger partial charge in [0.1, 0.15) is 0 Å². The zero-order chi connectivity index (χ0) is 15.4. The van der Waals surface area contributed by atoms with Gasteiger partial charge in [0.2, 0.25) is 0 Å². The van der Waals surface area contributed by atoms with Crippen LogP contribution in [-0.2, 0) is 0 Å². The van der Waals surface area contributed by atoms with Crippen LogP contribution in [0.1, 0.15) is 35.1 Å². The average Bonchev–Trinajstić information content (AvgIpc) is 2.50. The van der Waals surface area contributed by atoms with Crippen molar-refractivity contribution >= 4 is 12.4 Å². The number of nitrogens with zero attached hydrogens (tertiary/aromatic N) is 2. The number of hydrogen-bond donors (Lipinski definition) is 0. The number of rotatable bonds is 4. The number of hydrogen-bond acceptors (Lipinski definition) is 2. The predicted molar refractivity (Wildman–Crippen MR) is 94.4 cm³/mol. The second-order valence-electron chi connectivity index (χ2n) is 6.09. The molecule has 0 unspecified atom stereocenters. The van der Waals surface area contributed by atoms with Crippen LogP contribution in [0.15, 0.2) is 58.5 Å². The Kier molecular flexibility index (Phi) is 4.47. The van der Waals surface area contributed by atoms with Gasteiger partial charge in [-0.25, -0.2) is 0 Å². The van der Waals surface area contributed by atoms with Crippen molar-refractivity contribution in [3.63, 3.8) is 0 Å². The van der Waals surface area contributed by atoms with Crippen LogP contribution in [0.4, 0.5) is 0 Å². The lowest BCUT2D eigenvalue weighted by molar-refractivity contribution is 0.353. The lowest BCUT2D eigenvalue weighted by Gasteiger charge is -2.30. The van der Waals surface area contributed by atoms with Gasteiger partial charge in [0.05, 0.1) is 12.1 Å². The fourth-order valence-electron chi connectivity index (χ4n) is 2.48. The van der Waals surface area contributed by atoms with Crippen LogP contribution in [0.3, 0.4) is 0 Å². The zero-order valence-corrected chi connectivity index (χ0v) is 13.2. The maximum Gasteiger partial charge on any atom is 0.0723 e. The first kappa shape index (κ1) is 14.7. The van der Waals surface area contributed by atoms with Crippen LogP contribution in [-0.4, -0.2) is 24.5 Å². The molecule has 0 bridgehead atoms. The minimum Gasteiger partial charge on any atom is -0.287 e. The van der Waals surface area contributed by atoms with Crippen molar-refractivity contribution in [2.24, 2.45) is 9.98 Å². The summed E-state index contributed by atoms with van der Waals surface area (Å²) in [6.45, 7) is 4.20. The van der Waals surface area contributed by atoms with Gasteiger partial charge in [0, 0.05) is 12.4 Å². The normalized spacial score (nSPS) is 21.4. The standard InChI is InChI=1S/C20H22N2/c1-15-3-7-17(8-4-15)13-21-19-11-12-20(19)22-14-18-9-5-16(2)6-10-18/h3-10,13-14,19-20H,11-12H2,1-2H3/t19-,20-/m0/s1. The monoisotopic (exact) mass is 290 g/mol. The summed E-state index contributed by atoms with van der Waals surface area (Å²) in [6.07, 6.45) is 6.24. The molecular weight excluding hydrogens is 268 g/mol. The first-order valence-electron chi connectivity index (χ1n) is 7.90. The Labute approximate surface area is 132 Å². The molecule has 22 heavy (non-hydrogen) atoms. The Morgan fingerprint density at radius 3 is 1.36 bits per heavy atom. The molecule has 0 aliphatic heterocycles. The summed E-state index contributed by atoms with van der Waals surface area (Å²) in [7, 11) is 0. The van der Waals surface area contributed by atoms with Crippen molar-refractivity contribution in [2.45, 2.75) is 38.8 Å². The Balaban J connectivity index is 1.59. The van der Waals surface area contributed by atoms with E-state index in [1.54, 1.807) is 0 Å². The molecule has 0 aromatic heterocycles. The number of benzene rings is 2. The van der Waals surface area contributed by atoms with E-state index in [9.17, 15) is 0 Å². The molecule has 0 spiro atoms. The largest absolute Gasteiger partial charge is 0.287 e. The van der Waals surface area contributed by atoms with E-state index < -0.39 is 0 Å². The first-order valence-corrected chi connectivity index (χ1v) is 7.90. The summed E-state index contributed by atoms with van der Waals surface area (Å²) < 4.78 is 0. The van der Waals surface area contributed by atoms with Crippen molar-refractivity contribution in [3.8, 4) is 0 Å². The fraction of sp³-hybridized carbons (Fsp3) is 0.300. The predicted octanol–water partition coefficient (Wildman–Crippen LogP) is 4.37. The van der Waals surface area contributed by atoms with Crippen molar-refractivity contribution in [2.75, 3.05) is 0 Å². The summed E-state index contributed by atoms with van der Waals surface area (Å²) in [6, 6.07) is 17.6. The van der Waals surface area contributed by atoms with Crippen LogP contribution in [0.25, 0.3) is 0 Å². The van der Waals surface area contributed by atoms with E-state index in [1.807, 2.05) is 12.4 Å². The lowest BCUT2D eigenvalue weighted by atomic mass is 9.87. The van der Waals surface area contributed by atoms with Crippen molar-refractivity contribution in [3.05, 3.63) is 70.8 Å². The fourth-order valence-corrected chi connectivity index (χ4v) is 2.48. The van der Waals surface area contributed by atoms with E-state index >= 15 is 0 Å². The SMILES string of the molecule is Cc1ccc(C=N[C@H]2CC[C@@H]2N=Cc2ccc(C)cc2)cc1. The van der Waals surface area contributed by atoms with Gasteiger partial charge in [-0.1, -0.05) is 59.7 Å². The van der Waals surface area contributed by atoms with E-state index in [0.29, 0.717) is 12.1 Å². The topological polar surface area (TPSA) is 24.7 Å². The van der Waals surface area contributed by atoms with Gasteiger partial charge < -0.3 is 0 Å². The minimum absolute atomic E-state index is 0.336. The van der Waals surface area contributed by atoms with E-state index in [1.165, 1.54) is 22.3 Å². The second kappa shape index (κ2) is 6.69. The third-order valence-electron chi connectivity index (χ3n) is 4.19. The summed E-state index contributed by atoms with van der Waals surface area (Å²) in [5.41, 5.74) is 4.89. The molecule has 2 heteroatoms. The van der Waals surface area contributed by atoms with Crippen molar-refractivity contribution in [1.29, 1.82) is 0 Å². The van der Waals surface area contributed by atoms with Gasteiger partial charge in [-0.3, -0.25) is 9.98 Å². The molecule has 0 amide bonds. The highest BCUT2D eigenvalue weighted by molar-refractivity contribution is 5.80. The molecule has 1 aliphatic carbocycles. The van der Waals surface area contributed by atoms with Crippen LogP contribution < -0.4 is 0 Å². The van der Waals surface area contributed by atoms with Gasteiger partial charge in [-0.05, 0) is 37.8 Å². The molecule has 1 saturated carbocycles. The Morgan fingerprint density at radius 2 is 1.05 bits per heavy atom. The van der Waals surface area contributed by atoms with E-state index in [-0.39, 0.29) is 0 Å². The summed E-state index contributed by atoms with van der Waals surface area (Å²) in [4.78, 5) is 9.40. The zero-order valence-electron chi connectivity index (χ0n) is 13.2. The van der Waals surface area contributed by atoms with Gasteiger partial charge in [0.15, 0.2) is 0 Å². The highest BCUT2D eigenvalue weighted by atomic mass is 14.9. The molecule has 1 aliphatic rings. The summed E-state index contributed by atoms with van der Waals surface area (Å²) in [5, 5.41) is 0. The quantitative estimate of drug-likeness (QED) is 0.747. The Morgan fingerprint density at radius 1 is 0.682 bits per heavy atom. The summed E-state index contributed by atoms with van der Waals surface area (Å²) in [5.74, 6) is 0. The molecule has 2 aromatic rings. The molecule has 0 N–H and O–H groups in total. The van der Waals surface area contributed by atoms with Gasteiger partial charge in [-0.2, -0.15) is 0 Å². The highest BCUT2D eigenvalue weighted by Gasteiger charge is 2.29. The second-order valence-corrected chi connectivity index (χ2v) is 6.09. The minimum atomic E-state index is 0.336. The Hall–Kier alpha value is -2.22. The molecule has 0 heterocycles. The molecular formula is C20H22N2. The number of aliphatic imine (C=N–C) groups is 2. The van der Waals surface area contributed by atoms with Gasteiger partial charge in [-0.15, -0.1) is 0 Å². The van der Waals surface area contributed by atoms with Crippen LogP contribution in [0.5, 0.6) is 0 Å². The van der Waals surface area contributed by atoms with Gasteiger partial charge in [0.25, 0.3) is 0 Å². The molecule has 2 aromatic carbocycles. The molecule has 2 atom stereocenters. The van der Waals surface area contributed by atoms with Crippen LogP contribution in [0.2, 0.25) is 0 Å². The van der Waals surface area contributed by atoms with Gasteiger partial charge >= 0.3 is 0 Å².